The van der Waals surface area contributed by atoms with Crippen LogP contribution in [0.4, 0.5) is 0 Å². The third kappa shape index (κ3) is 16.1. The van der Waals surface area contributed by atoms with Crippen molar-refractivity contribution in [1.82, 2.24) is 19.8 Å². The van der Waals surface area contributed by atoms with Crippen LogP contribution in [-0.2, 0) is 44.7 Å². The summed E-state index contributed by atoms with van der Waals surface area (Å²) in [5.74, 6) is -2.23. The van der Waals surface area contributed by atoms with E-state index in [9.17, 15) is 29.1 Å². The molecule has 2 aliphatic rings. The summed E-state index contributed by atoms with van der Waals surface area (Å²) < 4.78 is 12.2. The SMILES string of the molecule is CCCCCCCN(C)[C@H](C(=O)C[C@H](C(=O)N(C)[C@@H]([C@@H](C)CC)[C@@H](CC(=O)N1CCC[C@H]1[C@H](OC)[C@@H](C)C(=O)C[C@@H](Cc1ccc(O)cc1)C(=O)N1CCCCO1)OC)C(C)C)C(C)C. The van der Waals surface area contributed by atoms with E-state index in [2.05, 4.69) is 39.5 Å². The van der Waals surface area contributed by atoms with Crippen molar-refractivity contribution in [3.8, 4) is 5.75 Å². The minimum absolute atomic E-state index is 0.0150. The number of hydrogen-bond donors (Lipinski definition) is 1. The highest BCUT2D eigenvalue weighted by atomic mass is 16.7. The Kier molecular flexibility index (Phi) is 24.1. The van der Waals surface area contributed by atoms with Gasteiger partial charge in [-0.2, -0.15) is 0 Å². The predicted molar refractivity (Wildman–Crippen MR) is 256 cm³/mol. The Bertz CT molecular complexity index is 1620. The Morgan fingerprint density at radius 3 is 2.06 bits per heavy atom. The van der Waals surface area contributed by atoms with Crippen molar-refractivity contribution in [3.63, 3.8) is 0 Å². The van der Waals surface area contributed by atoms with E-state index in [4.69, 9.17) is 14.3 Å². The Morgan fingerprint density at radius 2 is 1.49 bits per heavy atom. The van der Waals surface area contributed by atoms with Crippen LogP contribution in [-0.4, -0.2) is 139 Å². The van der Waals surface area contributed by atoms with E-state index in [1.807, 2.05) is 32.7 Å². The van der Waals surface area contributed by atoms with E-state index >= 15 is 0 Å². The first-order chi connectivity index (χ1) is 30.9. The number of ether oxygens (including phenoxy) is 2. The van der Waals surface area contributed by atoms with Gasteiger partial charge in [0.1, 0.15) is 11.5 Å². The molecular weight excluding hydrogens is 825 g/mol. The maximum absolute atomic E-state index is 14.6. The van der Waals surface area contributed by atoms with E-state index < -0.39 is 36.0 Å². The summed E-state index contributed by atoms with van der Waals surface area (Å²) in [5, 5.41) is 11.3. The summed E-state index contributed by atoms with van der Waals surface area (Å²) in [5.41, 5.74) is 0.824. The molecule has 1 N–H and O–H groups in total. The number of benzene rings is 1. The average molecular weight is 913 g/mol. The van der Waals surface area contributed by atoms with Gasteiger partial charge in [0.05, 0.1) is 49.3 Å². The maximum Gasteiger partial charge on any atom is 0.250 e. The van der Waals surface area contributed by atoms with E-state index in [0.717, 1.165) is 50.6 Å². The molecule has 0 aromatic heterocycles. The topological polar surface area (TPSA) is 146 Å². The minimum atomic E-state index is -0.678. The van der Waals surface area contributed by atoms with Crippen molar-refractivity contribution in [2.75, 3.05) is 54.6 Å². The van der Waals surface area contributed by atoms with E-state index in [1.54, 1.807) is 50.4 Å². The fourth-order valence-electron chi connectivity index (χ4n) is 10.3. The normalized spacial score (nSPS) is 19.5. The van der Waals surface area contributed by atoms with Crippen LogP contribution in [0.2, 0.25) is 0 Å². The molecule has 3 amide bonds. The highest BCUT2D eigenvalue weighted by molar-refractivity contribution is 5.90. The summed E-state index contributed by atoms with van der Waals surface area (Å²) >= 11 is 0. The second kappa shape index (κ2) is 28.1. The van der Waals surface area contributed by atoms with Gasteiger partial charge in [0.15, 0.2) is 5.78 Å². The number of rotatable bonds is 29. The lowest BCUT2D eigenvalue weighted by Gasteiger charge is -2.41. The van der Waals surface area contributed by atoms with Gasteiger partial charge in [-0.3, -0.25) is 33.7 Å². The van der Waals surface area contributed by atoms with Crippen LogP contribution >= 0.6 is 0 Å². The van der Waals surface area contributed by atoms with Gasteiger partial charge < -0.3 is 24.4 Å². The number of hydrogen-bond acceptors (Lipinski definition) is 10. The summed E-state index contributed by atoms with van der Waals surface area (Å²) in [6.07, 6.45) is 8.84. The third-order valence-electron chi connectivity index (χ3n) is 14.4. The largest absolute Gasteiger partial charge is 0.508 e. The number of aromatic hydroxyl groups is 1. The molecule has 0 radical (unpaired) electrons. The molecule has 2 heterocycles. The van der Waals surface area contributed by atoms with E-state index in [1.165, 1.54) is 24.3 Å². The summed E-state index contributed by atoms with van der Waals surface area (Å²) in [4.78, 5) is 82.8. The van der Waals surface area contributed by atoms with Gasteiger partial charge >= 0.3 is 0 Å². The van der Waals surface area contributed by atoms with Crippen LogP contribution < -0.4 is 0 Å². The molecule has 2 saturated heterocycles. The summed E-state index contributed by atoms with van der Waals surface area (Å²) in [6.45, 7) is 18.6. The van der Waals surface area contributed by atoms with Crippen LogP contribution in [0.25, 0.3) is 0 Å². The molecule has 0 unspecified atom stereocenters. The number of carbonyl (C=O) groups excluding carboxylic acids is 5. The number of likely N-dealkylation sites (N-methyl/N-ethyl adjacent to an activating group) is 2. The number of nitrogens with zero attached hydrogens (tertiary/aromatic N) is 4. The minimum Gasteiger partial charge on any atom is -0.508 e. The van der Waals surface area contributed by atoms with Crippen LogP contribution in [0.3, 0.4) is 0 Å². The molecule has 1 aromatic carbocycles. The van der Waals surface area contributed by atoms with Gasteiger partial charge in [0.2, 0.25) is 17.7 Å². The summed E-state index contributed by atoms with van der Waals surface area (Å²) in [6, 6.07) is 5.59. The van der Waals surface area contributed by atoms with E-state index in [-0.39, 0.29) is 84.1 Å². The van der Waals surface area contributed by atoms with Crippen molar-refractivity contribution in [2.45, 2.75) is 176 Å². The molecule has 65 heavy (non-hydrogen) atoms. The zero-order valence-corrected chi connectivity index (χ0v) is 42.4. The smallest absolute Gasteiger partial charge is 0.250 e. The van der Waals surface area contributed by atoms with Gasteiger partial charge in [-0.1, -0.05) is 99.6 Å². The lowest BCUT2D eigenvalue weighted by Crippen LogP contribution is -2.54. The second-order valence-corrected chi connectivity index (χ2v) is 19.9. The maximum atomic E-state index is 14.6. The third-order valence-corrected chi connectivity index (χ3v) is 14.4. The fourth-order valence-corrected chi connectivity index (χ4v) is 10.3. The Hall–Kier alpha value is -3.39. The zero-order valence-electron chi connectivity index (χ0n) is 42.4. The molecule has 2 fully saturated rings. The number of likely N-dealkylation sites (tertiary alicyclic amines) is 1. The quantitative estimate of drug-likeness (QED) is 0.0782. The van der Waals surface area contributed by atoms with Gasteiger partial charge in [-0.05, 0) is 87.6 Å². The number of unbranched alkanes of at least 4 members (excludes halogenated alkanes) is 4. The molecule has 370 valence electrons. The van der Waals surface area contributed by atoms with Crippen molar-refractivity contribution in [1.29, 1.82) is 0 Å². The number of amides is 3. The molecule has 3 rings (SSSR count). The van der Waals surface area contributed by atoms with Gasteiger partial charge in [-0.15, -0.1) is 0 Å². The molecule has 0 bridgehead atoms. The lowest BCUT2D eigenvalue weighted by atomic mass is 9.83. The standard InChI is InChI=1S/C52H88N4O9/c1-13-15-16-17-18-27-53(9)48(36(5)6)45(59)33-42(35(3)4)52(62)54(10)49(37(7)14-2)46(63-11)34-47(60)55-28-21-22-43(55)50(64-12)38(8)44(58)32-40(31-39-23-25-41(57)26-24-39)51(61)56-29-19-20-30-65-56/h23-26,35-38,40,42-43,46,48-50,57H,13-22,27-34H2,1-12H3/t37-,38-,40+,42-,43-,46+,48-,49-,50+/m0/s1. The fraction of sp³-hybridized carbons (Fsp3) is 0.788. The number of phenolic OH excluding ortho intramolecular Hbond substituents is 1. The average Bonchev–Trinajstić information content (AvgIpc) is 3.77. The number of phenols is 1. The number of Topliss-reactive ketones (excluding diaryl/α,β-unsaturated/α-hetero) is 2. The van der Waals surface area contributed by atoms with Crippen LogP contribution in [0.15, 0.2) is 24.3 Å². The van der Waals surface area contributed by atoms with Gasteiger partial charge in [0.25, 0.3) is 0 Å². The molecule has 0 spiro atoms. The Balaban J connectivity index is 1.78. The molecule has 1 aromatic rings. The number of hydroxylamine groups is 2. The number of methoxy groups -OCH3 is 2. The van der Waals surface area contributed by atoms with Crippen LogP contribution in [0, 0.1) is 35.5 Å². The molecule has 9 atom stereocenters. The second-order valence-electron chi connectivity index (χ2n) is 19.9. The van der Waals surface area contributed by atoms with E-state index in [0.29, 0.717) is 32.5 Å². The molecule has 13 heteroatoms. The zero-order chi connectivity index (χ0) is 48.4. The van der Waals surface area contributed by atoms with Crippen molar-refractivity contribution >= 4 is 29.3 Å². The molecule has 2 aliphatic heterocycles. The number of ketones is 2. The predicted octanol–water partition coefficient (Wildman–Crippen LogP) is 8.14. The molecule has 0 aliphatic carbocycles. The first-order valence-electron chi connectivity index (χ1n) is 25.0. The van der Waals surface area contributed by atoms with Crippen molar-refractivity contribution in [2.24, 2.45) is 35.5 Å². The Labute approximate surface area is 392 Å². The molecule has 0 saturated carbocycles. The van der Waals surface area contributed by atoms with Crippen LogP contribution in [0.1, 0.15) is 144 Å². The van der Waals surface area contributed by atoms with Crippen molar-refractivity contribution < 1.29 is 43.4 Å². The first kappa shape index (κ1) is 55.9. The Morgan fingerprint density at radius 1 is 0.815 bits per heavy atom. The molecular formula is C52H88N4O9. The highest BCUT2D eigenvalue weighted by Crippen LogP contribution is 2.32. The van der Waals surface area contributed by atoms with Gasteiger partial charge in [-0.25, -0.2) is 5.06 Å². The highest BCUT2D eigenvalue weighted by Gasteiger charge is 2.44. The molecule has 13 nitrogen and oxygen atoms in total. The van der Waals surface area contributed by atoms with Gasteiger partial charge in [0, 0.05) is 59.0 Å². The number of carbonyl (C=O) groups is 5. The first-order valence-corrected chi connectivity index (χ1v) is 25.0. The lowest BCUT2D eigenvalue weighted by molar-refractivity contribution is -0.201. The summed E-state index contributed by atoms with van der Waals surface area (Å²) in [7, 11) is 6.98. The van der Waals surface area contributed by atoms with Crippen LogP contribution in [0.5, 0.6) is 5.75 Å². The van der Waals surface area contributed by atoms with Crippen molar-refractivity contribution in [3.05, 3.63) is 29.8 Å². The monoisotopic (exact) mass is 913 g/mol.